The molecule has 0 amide bonds. The van der Waals surface area contributed by atoms with Gasteiger partial charge in [-0.3, -0.25) is 0 Å². The highest BCUT2D eigenvalue weighted by molar-refractivity contribution is 5.37. The number of aliphatic hydroxyl groups excluding tert-OH is 1. The molecule has 4 unspecified atom stereocenters. The lowest BCUT2D eigenvalue weighted by atomic mass is 9.85. The van der Waals surface area contributed by atoms with Crippen LogP contribution in [0.25, 0.3) is 0 Å². The van der Waals surface area contributed by atoms with Gasteiger partial charge in [0.1, 0.15) is 29.4 Å². The van der Waals surface area contributed by atoms with Gasteiger partial charge >= 0.3 is 0 Å². The summed E-state index contributed by atoms with van der Waals surface area (Å²) in [7, 11) is 0. The molecule has 0 radical (unpaired) electrons. The van der Waals surface area contributed by atoms with E-state index >= 15 is 4.39 Å². The molecule has 4 aromatic carbocycles. The molecule has 7 rings (SSSR count). The molecule has 4 aromatic rings. The molecule has 1 N–H and O–H groups in total. The van der Waals surface area contributed by atoms with Crippen LogP contribution in [0.4, 0.5) is 4.39 Å². The van der Waals surface area contributed by atoms with E-state index in [1.54, 1.807) is 12.1 Å². The second-order valence-electron chi connectivity index (χ2n) is 12.1. The van der Waals surface area contributed by atoms with Gasteiger partial charge < -0.3 is 33.5 Å². The number of ether oxygens (including phenoxy) is 6. The third kappa shape index (κ3) is 6.40. The van der Waals surface area contributed by atoms with Crippen LogP contribution < -0.4 is 4.74 Å². The second kappa shape index (κ2) is 13.0. The molecule has 234 valence electrons. The number of hydrogen-bond acceptors (Lipinski definition) is 7. The van der Waals surface area contributed by atoms with Crippen LogP contribution in [0.5, 0.6) is 5.75 Å². The average Bonchev–Trinajstić information content (AvgIpc) is 3.39. The molecular formula is C37H37FO7. The molecular weight excluding hydrogens is 575 g/mol. The van der Waals surface area contributed by atoms with E-state index in [9.17, 15) is 5.11 Å². The van der Waals surface area contributed by atoms with Gasteiger partial charge in [-0.25, -0.2) is 4.39 Å². The first-order chi connectivity index (χ1) is 22.0. The maximum absolute atomic E-state index is 15.3. The van der Waals surface area contributed by atoms with Crippen molar-refractivity contribution < 1.29 is 37.9 Å². The minimum absolute atomic E-state index is 0.0785. The van der Waals surface area contributed by atoms with Crippen molar-refractivity contribution in [2.75, 3.05) is 26.4 Å². The molecule has 2 bridgehead atoms. The van der Waals surface area contributed by atoms with Crippen molar-refractivity contribution in [3.05, 3.63) is 137 Å². The van der Waals surface area contributed by atoms with E-state index < -0.39 is 23.6 Å². The van der Waals surface area contributed by atoms with Crippen LogP contribution in [-0.2, 0) is 49.1 Å². The van der Waals surface area contributed by atoms with E-state index in [4.69, 9.17) is 28.4 Å². The Morgan fingerprint density at radius 3 is 2.13 bits per heavy atom. The molecule has 3 aliphatic rings. The van der Waals surface area contributed by atoms with Gasteiger partial charge in [0.15, 0.2) is 0 Å². The van der Waals surface area contributed by atoms with Gasteiger partial charge in [-0.1, -0.05) is 78.9 Å². The predicted octanol–water partition coefficient (Wildman–Crippen LogP) is 5.70. The molecule has 4 atom stereocenters. The lowest BCUT2D eigenvalue weighted by Crippen LogP contribution is -2.58. The fourth-order valence-corrected chi connectivity index (χ4v) is 6.24. The van der Waals surface area contributed by atoms with Crippen LogP contribution in [0.1, 0.15) is 34.2 Å². The number of rotatable bonds is 12. The van der Waals surface area contributed by atoms with Crippen molar-refractivity contribution in [3.8, 4) is 5.75 Å². The van der Waals surface area contributed by atoms with Crippen LogP contribution in [-0.4, -0.2) is 55.4 Å². The Hall–Kier alpha value is -3.63. The van der Waals surface area contributed by atoms with Gasteiger partial charge in [-0.2, -0.15) is 0 Å². The summed E-state index contributed by atoms with van der Waals surface area (Å²) in [6, 6.07) is 32.4. The molecule has 3 saturated heterocycles. The maximum atomic E-state index is 15.3. The average molecular weight is 613 g/mol. The Balaban J connectivity index is 1.19. The minimum atomic E-state index is -1.41. The number of benzene rings is 4. The number of hydrogen-bond donors (Lipinski definition) is 1. The third-order valence-corrected chi connectivity index (χ3v) is 8.75. The third-order valence-electron chi connectivity index (χ3n) is 8.75. The highest BCUT2D eigenvalue weighted by atomic mass is 19.1. The highest BCUT2D eigenvalue weighted by Crippen LogP contribution is 2.51. The van der Waals surface area contributed by atoms with Gasteiger partial charge in [-0.15, -0.1) is 0 Å². The Kier molecular flexibility index (Phi) is 8.68. The van der Waals surface area contributed by atoms with Crippen LogP contribution in [0.2, 0.25) is 0 Å². The van der Waals surface area contributed by atoms with E-state index in [2.05, 4.69) is 0 Å². The Morgan fingerprint density at radius 2 is 1.49 bits per heavy atom. The lowest BCUT2D eigenvalue weighted by Gasteiger charge is -2.46. The summed E-state index contributed by atoms with van der Waals surface area (Å²) in [5, 5.41) is 10.5. The summed E-state index contributed by atoms with van der Waals surface area (Å²) < 4.78 is 52.7. The lowest BCUT2D eigenvalue weighted by molar-refractivity contribution is -0.321. The van der Waals surface area contributed by atoms with Gasteiger partial charge in [0.2, 0.25) is 5.79 Å². The topological polar surface area (TPSA) is 75.6 Å². The summed E-state index contributed by atoms with van der Waals surface area (Å²) in [6.45, 7) is 1.75. The molecule has 3 aliphatic heterocycles. The predicted molar refractivity (Wildman–Crippen MR) is 164 cm³/mol. The van der Waals surface area contributed by atoms with Crippen LogP contribution >= 0.6 is 0 Å². The van der Waals surface area contributed by atoms with E-state index in [1.165, 1.54) is 6.07 Å². The zero-order chi connectivity index (χ0) is 30.7. The zero-order valence-electron chi connectivity index (χ0n) is 25.0. The standard InChI is InChI=1S/C37H37FO7/c38-33-16-13-30(18-29(33)17-26-11-14-31(15-12-26)44-32-22-40-23-32)37-35(42-21-28-9-5-2-6-10-28)34(19-36(24-39,45-37)25-43-37)41-20-27-7-3-1-4-8-27/h1-16,18,32,34-35,39H,17,19-25H2. The van der Waals surface area contributed by atoms with Gasteiger partial charge in [-0.05, 0) is 46.5 Å². The number of halogens is 1. The monoisotopic (exact) mass is 612 g/mol. The zero-order valence-corrected chi connectivity index (χ0v) is 25.0. The largest absolute Gasteiger partial charge is 0.486 e. The maximum Gasteiger partial charge on any atom is 0.225 e. The SMILES string of the molecule is OCC12COC(c3ccc(F)c(Cc4ccc(OC5COC5)cc4)c3)(O1)C(OCc1ccccc1)C(OCc1ccccc1)C2. The fourth-order valence-electron chi connectivity index (χ4n) is 6.24. The van der Waals surface area contributed by atoms with Crippen molar-refractivity contribution in [2.45, 2.75) is 55.8 Å². The first-order valence-electron chi connectivity index (χ1n) is 15.4. The van der Waals surface area contributed by atoms with Crippen molar-refractivity contribution in [1.82, 2.24) is 0 Å². The molecule has 0 aromatic heterocycles. The quantitative estimate of drug-likeness (QED) is 0.220. The van der Waals surface area contributed by atoms with Gasteiger partial charge in [0.25, 0.3) is 0 Å². The summed E-state index contributed by atoms with van der Waals surface area (Å²) in [5.74, 6) is -0.986. The van der Waals surface area contributed by atoms with Crippen molar-refractivity contribution in [3.63, 3.8) is 0 Å². The molecule has 3 fully saturated rings. The highest BCUT2D eigenvalue weighted by Gasteiger charge is 2.64. The van der Waals surface area contributed by atoms with E-state index in [0.717, 1.165) is 22.4 Å². The Labute approximate surface area is 262 Å². The molecule has 0 spiro atoms. The Morgan fingerprint density at radius 1 is 0.800 bits per heavy atom. The summed E-state index contributed by atoms with van der Waals surface area (Å²) in [5.41, 5.74) is 3.07. The molecule has 7 nitrogen and oxygen atoms in total. The summed E-state index contributed by atoms with van der Waals surface area (Å²) in [6.07, 6.45) is -0.354. The number of fused-ring (bicyclic) bond motifs is 2. The first kappa shape index (κ1) is 30.0. The second-order valence-corrected chi connectivity index (χ2v) is 12.1. The smallest absolute Gasteiger partial charge is 0.225 e. The van der Waals surface area contributed by atoms with Crippen molar-refractivity contribution in [2.24, 2.45) is 0 Å². The van der Waals surface area contributed by atoms with Gasteiger partial charge in [0, 0.05) is 18.4 Å². The number of aliphatic hydroxyl groups is 1. The van der Waals surface area contributed by atoms with Crippen LogP contribution in [0.3, 0.4) is 0 Å². The van der Waals surface area contributed by atoms with E-state index in [1.807, 2.05) is 84.9 Å². The van der Waals surface area contributed by atoms with E-state index in [0.29, 0.717) is 50.4 Å². The van der Waals surface area contributed by atoms with E-state index in [-0.39, 0.29) is 25.1 Å². The molecule has 8 heteroatoms. The summed E-state index contributed by atoms with van der Waals surface area (Å²) in [4.78, 5) is 0. The van der Waals surface area contributed by atoms with Crippen LogP contribution in [0, 0.1) is 5.82 Å². The Bertz CT molecular complexity index is 1560. The normalized spacial score (nSPS) is 26.0. The molecule has 0 saturated carbocycles. The van der Waals surface area contributed by atoms with Crippen molar-refractivity contribution >= 4 is 0 Å². The summed E-state index contributed by atoms with van der Waals surface area (Å²) >= 11 is 0. The molecule has 45 heavy (non-hydrogen) atoms. The molecule has 3 heterocycles. The molecule has 0 aliphatic carbocycles. The fraction of sp³-hybridized carbons (Fsp3) is 0.351. The first-order valence-corrected chi connectivity index (χ1v) is 15.4. The van der Waals surface area contributed by atoms with Gasteiger partial charge in [0.05, 0.1) is 45.7 Å². The van der Waals surface area contributed by atoms with Crippen molar-refractivity contribution in [1.29, 1.82) is 0 Å². The minimum Gasteiger partial charge on any atom is -0.486 e. The van der Waals surface area contributed by atoms with Crippen LogP contribution in [0.15, 0.2) is 103 Å².